The van der Waals surface area contributed by atoms with Gasteiger partial charge in [-0.3, -0.25) is 4.79 Å². The lowest BCUT2D eigenvalue weighted by atomic mass is 9.96. The Bertz CT molecular complexity index is 1710. The van der Waals surface area contributed by atoms with E-state index in [-0.39, 0.29) is 18.9 Å². The predicted octanol–water partition coefficient (Wildman–Crippen LogP) is 8.44. The molecule has 0 spiro atoms. The minimum Gasteiger partial charge on any atom is -0.394 e. The molecule has 3 aliphatic heterocycles. The summed E-state index contributed by atoms with van der Waals surface area (Å²) < 4.78 is 34.3. The Kier molecular flexibility index (Phi) is 45.2. The number of hydrogen-bond acceptors (Lipinski definition) is 18. The van der Waals surface area contributed by atoms with Crippen LogP contribution in [-0.2, 0) is 33.2 Å². The Morgan fingerprint density at radius 1 is 0.407 bits per heavy atom. The molecule has 3 fully saturated rings. The highest BCUT2D eigenvalue weighted by Gasteiger charge is 2.53. The zero-order valence-corrected chi connectivity index (χ0v) is 53.0. The summed E-state index contributed by atoms with van der Waals surface area (Å²) in [7, 11) is 0. The van der Waals surface area contributed by atoms with Gasteiger partial charge >= 0.3 is 0 Å². The molecule has 1 amide bonds. The summed E-state index contributed by atoms with van der Waals surface area (Å²) in [4.78, 5) is 13.3. The highest BCUT2D eigenvalue weighted by molar-refractivity contribution is 5.76. The van der Waals surface area contributed by atoms with E-state index in [1.165, 1.54) is 161 Å². The van der Waals surface area contributed by atoms with Crippen molar-refractivity contribution in [2.24, 2.45) is 0 Å². The van der Waals surface area contributed by atoms with E-state index >= 15 is 0 Å². The van der Waals surface area contributed by atoms with Gasteiger partial charge in [0.2, 0.25) is 5.91 Å². The number of hydrogen-bond donors (Lipinski definition) is 12. The Morgan fingerprint density at radius 3 is 1.17 bits per heavy atom. The summed E-state index contributed by atoms with van der Waals surface area (Å²) in [5.74, 6) is -0.294. The van der Waals surface area contributed by atoms with Crippen LogP contribution in [0.3, 0.4) is 0 Å². The van der Waals surface area contributed by atoms with E-state index in [0.29, 0.717) is 12.8 Å². The van der Waals surface area contributed by atoms with E-state index in [1.807, 2.05) is 6.08 Å². The number of carbonyl (C=O) groups excluding carboxylic acids is 1. The van der Waals surface area contributed by atoms with Crippen LogP contribution >= 0.6 is 0 Å². The summed E-state index contributed by atoms with van der Waals surface area (Å²) in [6, 6.07) is -0.993. The smallest absolute Gasteiger partial charge is 0.220 e. The molecule has 17 unspecified atom stereocenters. The second-order valence-corrected chi connectivity index (χ2v) is 24.6. The predicted molar refractivity (Wildman–Crippen MR) is 333 cm³/mol. The van der Waals surface area contributed by atoms with Crippen LogP contribution in [0.15, 0.2) is 36.5 Å². The van der Waals surface area contributed by atoms with Gasteiger partial charge in [-0.15, -0.1) is 0 Å². The standard InChI is InChI=1S/C67H123NO18/c1-3-5-7-9-11-13-15-17-18-19-20-21-22-23-24-25-26-27-28-29-30-31-33-34-36-38-40-42-44-51(72)50(68-55(73)45-43-41-39-37-35-32-16-14-12-10-8-6-4-2)49-81-65-61(79)58(76)63(53(47-70)83-65)86-67-62(80)59(77)64(54(48-71)84-67)85-66-60(78)57(75)56(74)52(46-69)82-66/h14,16,34,36,42,44,50-54,56-67,69-72,74-80H,3-13,15,17-33,35,37-41,43,45-49H2,1-2H3,(H,68,73)/b16-14-,36-34+,44-42+. The fourth-order valence-electron chi connectivity index (χ4n) is 11.6. The normalized spacial score (nSPS) is 29.0. The van der Waals surface area contributed by atoms with Gasteiger partial charge in [0.25, 0.3) is 0 Å². The average Bonchev–Trinajstić information content (AvgIpc) is 2.26. The van der Waals surface area contributed by atoms with E-state index in [9.17, 15) is 61.0 Å². The molecule has 0 saturated carbocycles. The van der Waals surface area contributed by atoms with E-state index < -0.39 is 124 Å². The van der Waals surface area contributed by atoms with Gasteiger partial charge in [-0.05, 0) is 57.8 Å². The molecule has 0 aromatic rings. The number of nitrogens with one attached hydrogen (secondary N) is 1. The van der Waals surface area contributed by atoms with Gasteiger partial charge in [0.05, 0.1) is 38.6 Å². The topological polar surface area (TPSA) is 307 Å². The molecule has 19 nitrogen and oxygen atoms in total. The van der Waals surface area contributed by atoms with Crippen LogP contribution in [0, 0.1) is 0 Å². The fourth-order valence-corrected chi connectivity index (χ4v) is 11.6. The molecule has 3 heterocycles. The maximum atomic E-state index is 13.3. The minimum atomic E-state index is -1.98. The van der Waals surface area contributed by atoms with E-state index in [4.69, 9.17) is 28.4 Å². The third kappa shape index (κ3) is 31.8. The average molecular weight is 1230 g/mol. The van der Waals surface area contributed by atoms with Crippen molar-refractivity contribution in [1.82, 2.24) is 5.32 Å². The first-order chi connectivity index (χ1) is 41.8. The van der Waals surface area contributed by atoms with Crippen LogP contribution in [0.25, 0.3) is 0 Å². The molecular formula is C67H123NO18. The number of amides is 1. The summed E-state index contributed by atoms with van der Waals surface area (Å²) in [6.07, 6.45) is 30.0. The number of aliphatic hydroxyl groups excluding tert-OH is 11. The van der Waals surface area contributed by atoms with Crippen molar-refractivity contribution in [3.05, 3.63) is 36.5 Å². The summed E-state index contributed by atoms with van der Waals surface area (Å²) in [6.45, 7) is 1.70. The molecule has 0 aromatic heterocycles. The molecule has 17 atom stereocenters. The molecule has 0 aromatic carbocycles. The molecule has 0 bridgehead atoms. The van der Waals surface area contributed by atoms with Gasteiger partial charge in [-0.1, -0.05) is 224 Å². The molecule has 3 aliphatic rings. The number of allylic oxidation sites excluding steroid dienone is 5. The van der Waals surface area contributed by atoms with Crippen LogP contribution in [0.1, 0.15) is 251 Å². The highest BCUT2D eigenvalue weighted by atomic mass is 16.8. The summed E-state index contributed by atoms with van der Waals surface area (Å²) in [5.41, 5.74) is 0. The monoisotopic (exact) mass is 1230 g/mol. The van der Waals surface area contributed by atoms with E-state index in [0.717, 1.165) is 57.8 Å². The Labute approximate surface area is 517 Å². The SMILES string of the molecule is CCCCCC/C=C\CCCCCCCC(=O)NC(COC1OC(CO)C(OC2OC(CO)C(OC3OC(CO)C(O)C(O)C3O)C(O)C2O)C(O)C1O)C(O)/C=C/CC/C=C/CCCCCCCCCCCCCCCCCCCCCCCC. The highest BCUT2D eigenvalue weighted by Crippen LogP contribution is 2.33. The molecule has 0 radical (unpaired) electrons. The first-order valence-corrected chi connectivity index (χ1v) is 34.2. The van der Waals surface area contributed by atoms with Gasteiger partial charge in [0, 0.05) is 6.42 Å². The van der Waals surface area contributed by atoms with Crippen molar-refractivity contribution in [3.63, 3.8) is 0 Å². The third-order valence-corrected chi connectivity index (χ3v) is 17.2. The van der Waals surface area contributed by atoms with E-state index in [2.05, 4.69) is 43.5 Å². The van der Waals surface area contributed by atoms with Gasteiger partial charge in [0.15, 0.2) is 18.9 Å². The number of ether oxygens (including phenoxy) is 6. The van der Waals surface area contributed by atoms with Crippen LogP contribution in [0.4, 0.5) is 0 Å². The lowest BCUT2D eigenvalue weighted by Crippen LogP contribution is -2.66. The van der Waals surface area contributed by atoms with Gasteiger partial charge in [0.1, 0.15) is 73.2 Å². The quantitative estimate of drug-likeness (QED) is 0.0201. The van der Waals surface area contributed by atoms with Crippen LogP contribution in [0.2, 0.25) is 0 Å². The van der Waals surface area contributed by atoms with Crippen molar-refractivity contribution in [1.29, 1.82) is 0 Å². The minimum absolute atomic E-state index is 0.226. The number of unbranched alkanes of at least 4 members (excludes halogenated alkanes) is 32. The first-order valence-electron chi connectivity index (χ1n) is 34.2. The molecule has 3 saturated heterocycles. The molecule has 12 N–H and O–H groups in total. The van der Waals surface area contributed by atoms with Gasteiger partial charge < -0.3 is 89.9 Å². The molecule has 0 aliphatic carbocycles. The molecule has 19 heteroatoms. The summed E-state index contributed by atoms with van der Waals surface area (Å²) >= 11 is 0. The molecular weight excluding hydrogens is 1110 g/mol. The number of aliphatic hydroxyl groups is 11. The van der Waals surface area contributed by atoms with Crippen LogP contribution in [-0.4, -0.2) is 193 Å². The largest absolute Gasteiger partial charge is 0.394 e. The van der Waals surface area contributed by atoms with Crippen molar-refractivity contribution in [2.45, 2.75) is 356 Å². The fraction of sp³-hybridized carbons (Fsp3) is 0.896. The Balaban J connectivity index is 1.43. The summed E-state index contributed by atoms with van der Waals surface area (Å²) in [5, 5.41) is 120. The zero-order chi connectivity index (χ0) is 62.6. The number of carbonyl (C=O) groups is 1. The first kappa shape index (κ1) is 78.3. The lowest BCUT2D eigenvalue weighted by molar-refractivity contribution is -0.379. The zero-order valence-electron chi connectivity index (χ0n) is 53.0. The molecule has 3 rings (SSSR count). The third-order valence-electron chi connectivity index (χ3n) is 17.2. The Hall–Kier alpha value is -1.99. The Morgan fingerprint density at radius 2 is 0.744 bits per heavy atom. The van der Waals surface area contributed by atoms with E-state index in [1.54, 1.807) is 6.08 Å². The lowest BCUT2D eigenvalue weighted by Gasteiger charge is -2.48. The van der Waals surface area contributed by atoms with Gasteiger partial charge in [-0.25, -0.2) is 0 Å². The van der Waals surface area contributed by atoms with Crippen molar-refractivity contribution in [2.75, 3.05) is 26.4 Å². The molecule has 504 valence electrons. The number of rotatable bonds is 52. The second-order valence-electron chi connectivity index (χ2n) is 24.6. The maximum Gasteiger partial charge on any atom is 0.220 e. The van der Waals surface area contributed by atoms with Crippen LogP contribution < -0.4 is 5.32 Å². The van der Waals surface area contributed by atoms with Crippen molar-refractivity contribution >= 4 is 5.91 Å². The maximum absolute atomic E-state index is 13.3. The van der Waals surface area contributed by atoms with Crippen LogP contribution in [0.5, 0.6) is 0 Å². The van der Waals surface area contributed by atoms with Crippen molar-refractivity contribution < 1.29 is 89.4 Å². The molecule has 86 heavy (non-hydrogen) atoms. The van der Waals surface area contributed by atoms with Gasteiger partial charge in [-0.2, -0.15) is 0 Å². The second kappa shape index (κ2) is 49.7. The van der Waals surface area contributed by atoms with Crippen molar-refractivity contribution in [3.8, 4) is 0 Å².